The van der Waals surface area contributed by atoms with Gasteiger partial charge in [0.2, 0.25) is 5.52 Å². The SMILES string of the molecule is CC1(C)c2cccc3cc[n+]4ccc5ccc(F)c1c5c4c23. The van der Waals surface area contributed by atoms with Gasteiger partial charge in [0.05, 0.1) is 10.8 Å². The Hall–Kier alpha value is -2.48. The molecule has 1 nitrogen and oxygen atoms in total. The molecule has 22 heavy (non-hydrogen) atoms. The molecule has 0 saturated carbocycles. The summed E-state index contributed by atoms with van der Waals surface area (Å²) in [6.07, 6.45) is 4.13. The molecule has 0 fully saturated rings. The van der Waals surface area contributed by atoms with Gasteiger partial charge in [-0.15, -0.1) is 0 Å². The molecule has 1 aliphatic rings. The van der Waals surface area contributed by atoms with Crippen molar-refractivity contribution in [2.75, 3.05) is 0 Å². The maximum Gasteiger partial charge on any atom is 0.227 e. The van der Waals surface area contributed by atoms with Gasteiger partial charge in [-0.25, -0.2) is 4.39 Å². The van der Waals surface area contributed by atoms with Crippen molar-refractivity contribution in [2.24, 2.45) is 0 Å². The van der Waals surface area contributed by atoms with Crippen LogP contribution < -0.4 is 4.40 Å². The smallest absolute Gasteiger partial charge is 0.207 e. The van der Waals surface area contributed by atoms with Gasteiger partial charge in [-0.3, -0.25) is 0 Å². The quantitative estimate of drug-likeness (QED) is 0.331. The monoisotopic (exact) mass is 288 g/mol. The number of hydrogen-bond donors (Lipinski definition) is 0. The van der Waals surface area contributed by atoms with Crippen LogP contribution in [-0.4, -0.2) is 0 Å². The Balaban J connectivity index is 2.27. The number of hydrogen-bond acceptors (Lipinski definition) is 0. The zero-order chi connectivity index (χ0) is 15.1. The van der Waals surface area contributed by atoms with E-state index in [9.17, 15) is 4.39 Å². The molecule has 2 heteroatoms. The number of rotatable bonds is 0. The second-order valence-electron chi connectivity index (χ2n) is 6.67. The average Bonchev–Trinajstić information content (AvgIpc) is 2.52. The lowest BCUT2D eigenvalue weighted by molar-refractivity contribution is -0.509. The van der Waals surface area contributed by atoms with Crippen LogP contribution in [-0.2, 0) is 5.41 Å². The molecular weight excluding hydrogens is 273 g/mol. The Bertz CT molecular complexity index is 1100. The predicted molar refractivity (Wildman–Crippen MR) is 86.7 cm³/mol. The summed E-state index contributed by atoms with van der Waals surface area (Å²) < 4.78 is 16.9. The van der Waals surface area contributed by atoms with Crippen LogP contribution in [0.5, 0.6) is 0 Å². The highest BCUT2D eigenvalue weighted by Crippen LogP contribution is 2.46. The third kappa shape index (κ3) is 1.22. The van der Waals surface area contributed by atoms with Crippen molar-refractivity contribution < 1.29 is 8.79 Å². The van der Waals surface area contributed by atoms with E-state index in [0.717, 1.165) is 21.9 Å². The van der Waals surface area contributed by atoms with Gasteiger partial charge in [-0.05, 0) is 22.4 Å². The van der Waals surface area contributed by atoms with Gasteiger partial charge in [0, 0.05) is 23.1 Å². The van der Waals surface area contributed by atoms with E-state index < -0.39 is 0 Å². The van der Waals surface area contributed by atoms with Crippen LogP contribution in [0.1, 0.15) is 25.0 Å². The first-order chi connectivity index (χ1) is 10.6. The molecule has 2 aromatic heterocycles. The highest BCUT2D eigenvalue weighted by Gasteiger charge is 2.37. The predicted octanol–water partition coefficient (Wildman–Crippen LogP) is 4.51. The van der Waals surface area contributed by atoms with E-state index in [1.807, 2.05) is 6.07 Å². The van der Waals surface area contributed by atoms with Gasteiger partial charge in [0.15, 0.2) is 12.4 Å². The number of benzene rings is 2. The average molecular weight is 288 g/mol. The van der Waals surface area contributed by atoms with Crippen molar-refractivity contribution in [3.63, 3.8) is 0 Å². The molecule has 4 aromatic rings. The fourth-order valence-corrected chi connectivity index (χ4v) is 4.13. The lowest BCUT2D eigenvalue weighted by Crippen LogP contribution is -2.29. The summed E-state index contributed by atoms with van der Waals surface area (Å²) in [6, 6.07) is 14.0. The second-order valence-corrected chi connectivity index (χ2v) is 6.67. The van der Waals surface area contributed by atoms with E-state index in [2.05, 4.69) is 61.0 Å². The van der Waals surface area contributed by atoms with E-state index in [-0.39, 0.29) is 11.2 Å². The standard InChI is InChI=1S/C20H15FN/c1-20(2)14-5-3-4-12-8-10-22-11-9-13-6-7-15(21)18(20)17(13)19(22)16(12)14/h3-11H,1-2H3/q+1. The van der Waals surface area contributed by atoms with Crippen molar-refractivity contribution in [1.82, 2.24) is 0 Å². The van der Waals surface area contributed by atoms with Crippen LogP contribution in [0.25, 0.3) is 27.1 Å². The zero-order valence-corrected chi connectivity index (χ0v) is 12.5. The molecular formula is C20H15FN+. The number of nitrogens with zero attached hydrogens (tertiary/aromatic N) is 1. The molecule has 1 aliphatic carbocycles. The Labute approximate surface area is 127 Å². The number of aromatic nitrogens is 1. The van der Waals surface area contributed by atoms with Gasteiger partial charge < -0.3 is 0 Å². The van der Waals surface area contributed by atoms with Crippen LogP contribution >= 0.6 is 0 Å². The summed E-state index contributed by atoms with van der Waals surface area (Å²) in [7, 11) is 0. The molecule has 5 rings (SSSR count). The maximum absolute atomic E-state index is 14.7. The maximum atomic E-state index is 14.7. The van der Waals surface area contributed by atoms with E-state index in [1.165, 1.54) is 16.3 Å². The fraction of sp³-hybridized carbons (Fsp3) is 0.150. The Morgan fingerprint density at radius 1 is 0.864 bits per heavy atom. The minimum Gasteiger partial charge on any atom is -0.207 e. The number of halogens is 1. The Kier molecular flexibility index (Phi) is 2.00. The summed E-state index contributed by atoms with van der Waals surface area (Å²) in [4.78, 5) is 0. The molecule has 0 aliphatic heterocycles. The van der Waals surface area contributed by atoms with Crippen molar-refractivity contribution >= 4 is 27.1 Å². The van der Waals surface area contributed by atoms with Gasteiger partial charge in [0.1, 0.15) is 5.82 Å². The highest BCUT2D eigenvalue weighted by molar-refractivity contribution is 6.13. The molecule has 0 unspecified atom stereocenters. The van der Waals surface area contributed by atoms with Crippen molar-refractivity contribution in [3.8, 4) is 0 Å². The summed E-state index contributed by atoms with van der Waals surface area (Å²) in [5.74, 6) is -0.114. The number of pyridine rings is 2. The largest absolute Gasteiger partial charge is 0.227 e. The van der Waals surface area contributed by atoms with Crippen molar-refractivity contribution in [1.29, 1.82) is 0 Å². The Morgan fingerprint density at radius 2 is 1.59 bits per heavy atom. The van der Waals surface area contributed by atoms with Crippen LogP contribution in [0.3, 0.4) is 0 Å². The summed E-state index contributed by atoms with van der Waals surface area (Å²) >= 11 is 0. The molecule has 2 aromatic carbocycles. The fourth-order valence-electron chi connectivity index (χ4n) is 4.13. The second kappa shape index (κ2) is 3.64. The molecule has 0 bridgehead atoms. The molecule has 0 amide bonds. The first-order valence-corrected chi connectivity index (χ1v) is 7.58. The Morgan fingerprint density at radius 3 is 2.36 bits per heavy atom. The van der Waals surface area contributed by atoms with Gasteiger partial charge in [-0.2, -0.15) is 4.40 Å². The minimum atomic E-state index is -0.341. The van der Waals surface area contributed by atoms with E-state index >= 15 is 0 Å². The molecule has 0 atom stereocenters. The highest BCUT2D eigenvalue weighted by atomic mass is 19.1. The topological polar surface area (TPSA) is 4.10 Å². The van der Waals surface area contributed by atoms with Crippen LogP contribution in [0, 0.1) is 5.82 Å². The summed E-state index contributed by atoms with van der Waals surface area (Å²) in [6.45, 7) is 4.25. The lowest BCUT2D eigenvalue weighted by Gasteiger charge is -2.31. The molecule has 0 spiro atoms. The first kappa shape index (κ1) is 12.1. The van der Waals surface area contributed by atoms with E-state index in [4.69, 9.17) is 0 Å². The molecule has 0 N–H and O–H groups in total. The first-order valence-electron chi connectivity index (χ1n) is 7.58. The van der Waals surface area contributed by atoms with Crippen molar-refractivity contribution in [2.45, 2.75) is 19.3 Å². The van der Waals surface area contributed by atoms with E-state index in [0.29, 0.717) is 0 Å². The lowest BCUT2D eigenvalue weighted by atomic mass is 9.71. The van der Waals surface area contributed by atoms with Crippen LogP contribution in [0.2, 0.25) is 0 Å². The molecule has 0 saturated heterocycles. The minimum absolute atomic E-state index is 0.114. The van der Waals surface area contributed by atoms with Gasteiger partial charge in [-0.1, -0.05) is 38.1 Å². The van der Waals surface area contributed by atoms with Gasteiger partial charge in [0.25, 0.3) is 0 Å². The molecule has 0 radical (unpaired) electrons. The third-order valence-electron chi connectivity index (χ3n) is 5.14. The molecule has 2 heterocycles. The summed E-state index contributed by atoms with van der Waals surface area (Å²) in [5.41, 5.74) is 2.80. The molecule has 106 valence electrons. The van der Waals surface area contributed by atoms with Gasteiger partial charge >= 0.3 is 0 Å². The van der Waals surface area contributed by atoms with Crippen molar-refractivity contribution in [3.05, 3.63) is 71.8 Å². The van der Waals surface area contributed by atoms with E-state index in [1.54, 1.807) is 6.07 Å². The normalized spacial score (nSPS) is 15.4. The van der Waals surface area contributed by atoms with Crippen LogP contribution in [0.15, 0.2) is 54.9 Å². The van der Waals surface area contributed by atoms with Crippen LogP contribution in [0.4, 0.5) is 4.39 Å². The zero-order valence-electron chi connectivity index (χ0n) is 12.5. The summed E-state index contributed by atoms with van der Waals surface area (Å²) in [5, 5.41) is 4.62. The third-order valence-corrected chi connectivity index (χ3v) is 5.14.